The Morgan fingerprint density at radius 1 is 1.18 bits per heavy atom. The summed E-state index contributed by atoms with van der Waals surface area (Å²) in [4.78, 5) is 0. The van der Waals surface area contributed by atoms with E-state index in [1.807, 2.05) is 38.1 Å². The van der Waals surface area contributed by atoms with Crippen LogP contribution < -0.4 is 10.5 Å². The zero-order valence-electron chi connectivity index (χ0n) is 14.5. The molecule has 0 aliphatic rings. The van der Waals surface area contributed by atoms with Crippen molar-refractivity contribution in [1.29, 1.82) is 0 Å². The van der Waals surface area contributed by atoms with Gasteiger partial charge in [-0.15, -0.1) is 0 Å². The van der Waals surface area contributed by atoms with E-state index in [9.17, 15) is 5.11 Å². The quantitative estimate of drug-likeness (QED) is 0.755. The van der Waals surface area contributed by atoms with Gasteiger partial charge in [0.2, 0.25) is 0 Å². The van der Waals surface area contributed by atoms with Crippen LogP contribution in [0.25, 0.3) is 0 Å². The van der Waals surface area contributed by atoms with Crippen LogP contribution in [0, 0.1) is 11.8 Å². The molecule has 3 heteroatoms. The Bertz CT molecular complexity index is 454. The Morgan fingerprint density at radius 3 is 2.36 bits per heavy atom. The molecule has 1 aromatic rings. The molecule has 0 radical (unpaired) electrons. The minimum absolute atomic E-state index is 0.489. The fourth-order valence-electron chi connectivity index (χ4n) is 2.11. The largest absolute Gasteiger partial charge is 0.492 e. The third-order valence-electron chi connectivity index (χ3n) is 2.99. The lowest BCUT2D eigenvalue weighted by molar-refractivity contribution is 0.0807. The third kappa shape index (κ3) is 8.07. The van der Waals surface area contributed by atoms with Crippen molar-refractivity contribution in [3.63, 3.8) is 0 Å². The molecule has 0 bridgehead atoms. The highest BCUT2D eigenvalue weighted by atomic mass is 16.5. The van der Waals surface area contributed by atoms with Gasteiger partial charge in [0, 0.05) is 12.1 Å². The van der Waals surface area contributed by atoms with Crippen molar-refractivity contribution in [2.45, 2.75) is 59.0 Å². The van der Waals surface area contributed by atoms with Gasteiger partial charge >= 0.3 is 0 Å². The molecule has 22 heavy (non-hydrogen) atoms. The van der Waals surface area contributed by atoms with Crippen molar-refractivity contribution in [3.05, 3.63) is 29.8 Å². The lowest BCUT2D eigenvalue weighted by Crippen LogP contribution is -2.25. The van der Waals surface area contributed by atoms with Gasteiger partial charge in [-0.3, -0.25) is 0 Å². The Labute approximate surface area is 135 Å². The zero-order chi connectivity index (χ0) is 16.8. The molecule has 0 aliphatic heterocycles. The van der Waals surface area contributed by atoms with Crippen molar-refractivity contribution in [1.82, 2.24) is 0 Å². The van der Waals surface area contributed by atoms with Crippen LogP contribution in [0.15, 0.2) is 24.3 Å². The lowest BCUT2D eigenvalue weighted by Gasteiger charge is -2.20. The first-order valence-electron chi connectivity index (χ1n) is 8.32. The first kappa shape index (κ1) is 20.5. The van der Waals surface area contributed by atoms with Gasteiger partial charge in [-0.25, -0.2) is 0 Å². The van der Waals surface area contributed by atoms with Crippen molar-refractivity contribution >= 4 is 0 Å². The number of rotatable bonds is 7. The molecule has 0 amide bonds. The van der Waals surface area contributed by atoms with E-state index in [2.05, 4.69) is 25.7 Å². The monoisotopic (exact) mass is 305 g/mol. The second kappa shape index (κ2) is 12.1. The van der Waals surface area contributed by atoms with E-state index in [0.29, 0.717) is 26.0 Å². The van der Waals surface area contributed by atoms with Crippen LogP contribution in [-0.4, -0.2) is 23.9 Å². The molecule has 0 fully saturated rings. The van der Waals surface area contributed by atoms with Gasteiger partial charge in [0.05, 0.1) is 0 Å². The Hall–Kier alpha value is -1.50. The summed E-state index contributed by atoms with van der Waals surface area (Å²) < 4.78 is 5.47. The summed E-state index contributed by atoms with van der Waals surface area (Å²) in [6.07, 6.45) is 3.25. The summed E-state index contributed by atoms with van der Waals surface area (Å²) in [6, 6.07) is 7.57. The van der Waals surface area contributed by atoms with E-state index in [1.165, 1.54) is 0 Å². The fourth-order valence-corrected chi connectivity index (χ4v) is 2.11. The molecule has 0 unspecified atom stereocenters. The van der Waals surface area contributed by atoms with Crippen LogP contribution in [0.3, 0.4) is 0 Å². The van der Waals surface area contributed by atoms with Gasteiger partial charge < -0.3 is 15.6 Å². The third-order valence-corrected chi connectivity index (χ3v) is 2.99. The van der Waals surface area contributed by atoms with E-state index in [4.69, 9.17) is 10.5 Å². The van der Waals surface area contributed by atoms with Crippen LogP contribution in [0.4, 0.5) is 0 Å². The zero-order valence-corrected chi connectivity index (χ0v) is 14.5. The SMILES string of the molecule is CC.CCCC(O)(C#Cc1cccc(OCCN)c1)CCC. The van der Waals surface area contributed by atoms with Crippen molar-refractivity contribution < 1.29 is 9.84 Å². The van der Waals surface area contributed by atoms with E-state index in [-0.39, 0.29) is 0 Å². The topological polar surface area (TPSA) is 55.5 Å². The summed E-state index contributed by atoms with van der Waals surface area (Å²) in [5, 5.41) is 10.5. The number of nitrogens with two attached hydrogens (primary N) is 1. The minimum atomic E-state index is -0.877. The molecule has 1 rings (SSSR count). The van der Waals surface area contributed by atoms with E-state index in [1.54, 1.807) is 0 Å². The van der Waals surface area contributed by atoms with Crippen LogP contribution in [-0.2, 0) is 0 Å². The van der Waals surface area contributed by atoms with Gasteiger partial charge in [0.15, 0.2) is 0 Å². The second-order valence-electron chi connectivity index (χ2n) is 4.95. The molecule has 0 atom stereocenters. The van der Waals surface area contributed by atoms with Gasteiger partial charge in [-0.1, -0.05) is 58.4 Å². The first-order chi connectivity index (χ1) is 10.6. The predicted molar refractivity (Wildman–Crippen MR) is 94.0 cm³/mol. The van der Waals surface area contributed by atoms with Crippen molar-refractivity contribution in [3.8, 4) is 17.6 Å². The number of ether oxygens (including phenoxy) is 1. The summed E-state index contributed by atoms with van der Waals surface area (Å²) in [6.45, 7) is 9.10. The Balaban J connectivity index is 0.00000211. The number of benzene rings is 1. The van der Waals surface area contributed by atoms with Gasteiger partial charge in [0.1, 0.15) is 18.0 Å². The number of aliphatic hydroxyl groups is 1. The molecule has 0 aromatic heterocycles. The summed E-state index contributed by atoms with van der Waals surface area (Å²) in [7, 11) is 0. The maximum atomic E-state index is 10.5. The average Bonchev–Trinajstić information content (AvgIpc) is 2.54. The summed E-state index contributed by atoms with van der Waals surface area (Å²) >= 11 is 0. The standard InChI is InChI=1S/C17H25NO2.C2H6/c1-3-9-17(19,10-4-2)11-8-15-6-5-7-16(14-15)20-13-12-18;1-2/h5-7,14,19H,3-4,9-10,12-13,18H2,1-2H3;1-2H3. The molecule has 3 nitrogen and oxygen atoms in total. The predicted octanol–water partition coefficient (Wildman–Crippen LogP) is 3.73. The second-order valence-corrected chi connectivity index (χ2v) is 4.95. The van der Waals surface area contributed by atoms with Gasteiger partial charge in [-0.2, -0.15) is 0 Å². The van der Waals surface area contributed by atoms with Crippen LogP contribution in [0.2, 0.25) is 0 Å². The van der Waals surface area contributed by atoms with Crippen LogP contribution >= 0.6 is 0 Å². The van der Waals surface area contributed by atoms with Crippen LogP contribution in [0.1, 0.15) is 58.9 Å². The molecule has 0 heterocycles. The molecule has 0 saturated heterocycles. The number of hydrogen-bond donors (Lipinski definition) is 2. The summed E-state index contributed by atoms with van der Waals surface area (Å²) in [5.74, 6) is 6.84. The Kier molecular flexibility index (Phi) is 11.3. The highest BCUT2D eigenvalue weighted by Gasteiger charge is 2.21. The maximum absolute atomic E-state index is 10.5. The van der Waals surface area contributed by atoms with Crippen molar-refractivity contribution in [2.75, 3.05) is 13.2 Å². The summed E-state index contributed by atoms with van der Waals surface area (Å²) in [5.41, 5.74) is 5.39. The van der Waals surface area contributed by atoms with E-state index >= 15 is 0 Å². The maximum Gasteiger partial charge on any atom is 0.125 e. The van der Waals surface area contributed by atoms with E-state index in [0.717, 1.165) is 24.2 Å². The molecule has 124 valence electrons. The minimum Gasteiger partial charge on any atom is -0.492 e. The highest BCUT2D eigenvalue weighted by molar-refractivity contribution is 5.41. The highest BCUT2D eigenvalue weighted by Crippen LogP contribution is 2.19. The smallest absolute Gasteiger partial charge is 0.125 e. The van der Waals surface area contributed by atoms with Gasteiger partial charge in [-0.05, 0) is 31.0 Å². The molecule has 1 aromatic carbocycles. The van der Waals surface area contributed by atoms with Gasteiger partial charge in [0.25, 0.3) is 0 Å². The molecular weight excluding hydrogens is 274 g/mol. The normalized spacial score (nSPS) is 10.1. The van der Waals surface area contributed by atoms with E-state index < -0.39 is 5.60 Å². The molecule has 0 spiro atoms. The fraction of sp³-hybridized carbons (Fsp3) is 0.579. The van der Waals surface area contributed by atoms with Crippen LogP contribution in [0.5, 0.6) is 5.75 Å². The number of hydrogen-bond acceptors (Lipinski definition) is 3. The lowest BCUT2D eigenvalue weighted by atomic mass is 9.93. The van der Waals surface area contributed by atoms with Crippen molar-refractivity contribution in [2.24, 2.45) is 5.73 Å². The first-order valence-corrected chi connectivity index (χ1v) is 8.32. The molecule has 3 N–H and O–H groups in total. The molecule has 0 saturated carbocycles. The Morgan fingerprint density at radius 2 is 1.82 bits per heavy atom. The molecule has 0 aliphatic carbocycles. The molecular formula is C19H31NO2. The average molecular weight is 305 g/mol.